The van der Waals surface area contributed by atoms with Crippen molar-refractivity contribution in [1.82, 2.24) is 19.8 Å². The molecule has 0 aliphatic carbocycles. The van der Waals surface area contributed by atoms with E-state index in [4.69, 9.17) is 14.6 Å². The average molecular weight is 458 g/mol. The molecule has 5 rings (SSSR count). The number of amides is 1. The van der Waals surface area contributed by atoms with Crippen molar-refractivity contribution in [3.63, 3.8) is 0 Å². The predicted octanol–water partition coefficient (Wildman–Crippen LogP) is 4.79. The quantitative estimate of drug-likeness (QED) is 0.394. The van der Waals surface area contributed by atoms with Crippen LogP contribution in [0.5, 0.6) is 11.5 Å². The molecule has 0 bridgehead atoms. The molecule has 33 heavy (non-hydrogen) atoms. The molecule has 0 spiro atoms. The number of carbonyl (C=O) groups is 1. The lowest BCUT2D eigenvalue weighted by Crippen LogP contribution is -2.14. The average Bonchev–Trinajstić information content (AvgIpc) is 3.53. The van der Waals surface area contributed by atoms with Crippen LogP contribution in [-0.2, 0) is 0 Å². The number of benzene rings is 2. The summed E-state index contributed by atoms with van der Waals surface area (Å²) < 4.78 is 12.4. The first-order valence-electron chi connectivity index (χ1n) is 10.1. The predicted molar refractivity (Wildman–Crippen MR) is 127 cm³/mol. The fourth-order valence-corrected chi connectivity index (χ4v) is 4.22. The van der Waals surface area contributed by atoms with E-state index in [2.05, 4.69) is 15.5 Å². The molecule has 3 heterocycles. The van der Waals surface area contributed by atoms with Crippen molar-refractivity contribution in [1.29, 1.82) is 0 Å². The molecular formula is C24H19N5O3S. The first kappa shape index (κ1) is 20.7. The van der Waals surface area contributed by atoms with E-state index in [1.807, 2.05) is 53.9 Å². The monoisotopic (exact) mass is 457 g/mol. The van der Waals surface area contributed by atoms with E-state index in [9.17, 15) is 4.79 Å². The summed E-state index contributed by atoms with van der Waals surface area (Å²) in [4.78, 5) is 14.0. The third-order valence-corrected chi connectivity index (χ3v) is 5.94. The normalized spacial score (nSPS) is 10.8. The lowest BCUT2D eigenvalue weighted by atomic mass is 10.1. The van der Waals surface area contributed by atoms with Gasteiger partial charge in [0.2, 0.25) is 0 Å². The number of thiophene rings is 1. The van der Waals surface area contributed by atoms with Crippen LogP contribution in [0.15, 0.2) is 72.1 Å². The molecule has 0 saturated heterocycles. The SMILES string of the molecule is COc1cccc(OC)c1C(=O)Nc1cccc(-c2ccc3nnc(-c4cccs4)n3n2)c1. The summed E-state index contributed by atoms with van der Waals surface area (Å²) >= 11 is 1.58. The van der Waals surface area contributed by atoms with E-state index in [1.54, 1.807) is 34.1 Å². The zero-order valence-electron chi connectivity index (χ0n) is 17.9. The van der Waals surface area contributed by atoms with E-state index in [0.717, 1.165) is 16.1 Å². The summed E-state index contributed by atoms with van der Waals surface area (Å²) in [5, 5.41) is 18.1. The molecule has 2 aromatic carbocycles. The highest BCUT2D eigenvalue weighted by molar-refractivity contribution is 7.13. The number of ether oxygens (including phenoxy) is 2. The molecule has 0 fully saturated rings. The number of hydrogen-bond donors (Lipinski definition) is 1. The van der Waals surface area contributed by atoms with Gasteiger partial charge >= 0.3 is 0 Å². The van der Waals surface area contributed by atoms with Gasteiger partial charge < -0.3 is 14.8 Å². The molecule has 0 atom stereocenters. The van der Waals surface area contributed by atoms with Crippen molar-refractivity contribution < 1.29 is 14.3 Å². The minimum absolute atomic E-state index is 0.330. The molecule has 0 aliphatic heterocycles. The van der Waals surface area contributed by atoms with Crippen LogP contribution in [0.3, 0.4) is 0 Å². The van der Waals surface area contributed by atoms with Gasteiger partial charge in [0.15, 0.2) is 11.5 Å². The van der Waals surface area contributed by atoms with Gasteiger partial charge in [-0.05, 0) is 47.8 Å². The van der Waals surface area contributed by atoms with Crippen LogP contribution >= 0.6 is 11.3 Å². The molecule has 5 aromatic rings. The van der Waals surface area contributed by atoms with Gasteiger partial charge in [0.1, 0.15) is 17.1 Å². The zero-order valence-corrected chi connectivity index (χ0v) is 18.7. The summed E-state index contributed by atoms with van der Waals surface area (Å²) in [7, 11) is 3.03. The Morgan fingerprint density at radius 2 is 1.73 bits per heavy atom. The third-order valence-electron chi connectivity index (χ3n) is 5.08. The van der Waals surface area contributed by atoms with Gasteiger partial charge in [-0.15, -0.1) is 21.5 Å². The summed E-state index contributed by atoms with van der Waals surface area (Å²) in [6.45, 7) is 0. The lowest BCUT2D eigenvalue weighted by molar-refractivity contribution is 0.102. The minimum atomic E-state index is -0.330. The third kappa shape index (κ3) is 3.90. The number of nitrogens with one attached hydrogen (secondary N) is 1. The van der Waals surface area contributed by atoms with Gasteiger partial charge in [0.25, 0.3) is 5.91 Å². The Morgan fingerprint density at radius 3 is 2.45 bits per heavy atom. The van der Waals surface area contributed by atoms with E-state index in [-0.39, 0.29) is 5.91 Å². The number of rotatable bonds is 6. The zero-order chi connectivity index (χ0) is 22.8. The second-order valence-corrected chi connectivity index (χ2v) is 8.01. The molecule has 1 amide bonds. The molecule has 0 unspecified atom stereocenters. The van der Waals surface area contributed by atoms with Crippen LogP contribution in [0.1, 0.15) is 10.4 Å². The molecule has 164 valence electrons. The van der Waals surface area contributed by atoms with Gasteiger partial charge in [-0.3, -0.25) is 4.79 Å². The highest BCUT2D eigenvalue weighted by Gasteiger charge is 2.19. The van der Waals surface area contributed by atoms with Crippen molar-refractivity contribution in [3.8, 4) is 33.5 Å². The van der Waals surface area contributed by atoms with Gasteiger partial charge in [-0.2, -0.15) is 9.61 Å². The maximum Gasteiger partial charge on any atom is 0.263 e. The maximum absolute atomic E-state index is 13.0. The first-order valence-corrected chi connectivity index (χ1v) is 10.9. The van der Waals surface area contributed by atoms with Crippen molar-refractivity contribution in [3.05, 3.63) is 77.7 Å². The number of carbonyl (C=O) groups excluding carboxylic acids is 1. The van der Waals surface area contributed by atoms with Gasteiger partial charge in [-0.25, -0.2) is 0 Å². The number of hydrogen-bond acceptors (Lipinski definition) is 7. The highest BCUT2D eigenvalue weighted by Crippen LogP contribution is 2.30. The Morgan fingerprint density at radius 1 is 0.939 bits per heavy atom. The Balaban J connectivity index is 1.48. The first-order chi connectivity index (χ1) is 16.2. The molecule has 0 radical (unpaired) electrons. The molecule has 0 saturated carbocycles. The largest absolute Gasteiger partial charge is 0.496 e. The van der Waals surface area contributed by atoms with Crippen molar-refractivity contribution in [2.24, 2.45) is 0 Å². The molecule has 9 heteroatoms. The number of fused-ring (bicyclic) bond motifs is 1. The maximum atomic E-state index is 13.0. The number of aromatic nitrogens is 4. The number of methoxy groups -OCH3 is 2. The Labute approximate surface area is 193 Å². The Kier molecular flexibility index (Phi) is 5.45. The molecular weight excluding hydrogens is 438 g/mol. The summed E-state index contributed by atoms with van der Waals surface area (Å²) in [5.41, 5.74) is 3.18. The standard InChI is InChI=1S/C24H19N5O3S/c1-31-18-8-4-9-19(32-2)22(18)24(30)25-16-7-3-6-15(14-16)17-11-12-21-26-27-23(29(21)28-17)20-10-5-13-33-20/h3-14H,1-2H3,(H,25,30). The van der Waals surface area contributed by atoms with E-state index < -0.39 is 0 Å². The van der Waals surface area contributed by atoms with Crippen molar-refractivity contribution in [2.45, 2.75) is 0 Å². The number of nitrogens with zero attached hydrogens (tertiary/aromatic N) is 4. The molecule has 1 N–H and O–H groups in total. The summed E-state index contributed by atoms with van der Waals surface area (Å²) in [6.07, 6.45) is 0. The van der Waals surface area contributed by atoms with Crippen LogP contribution < -0.4 is 14.8 Å². The second-order valence-electron chi connectivity index (χ2n) is 7.06. The molecule has 8 nitrogen and oxygen atoms in total. The van der Waals surface area contributed by atoms with Crippen molar-refractivity contribution in [2.75, 3.05) is 19.5 Å². The van der Waals surface area contributed by atoms with E-state index in [0.29, 0.717) is 34.2 Å². The van der Waals surface area contributed by atoms with Crippen LogP contribution in [0, 0.1) is 0 Å². The second kappa shape index (κ2) is 8.71. The Hall–Kier alpha value is -4.24. The van der Waals surface area contributed by atoms with Crippen LogP contribution in [-0.4, -0.2) is 39.9 Å². The van der Waals surface area contributed by atoms with Gasteiger partial charge in [0, 0.05) is 11.3 Å². The number of anilines is 1. The van der Waals surface area contributed by atoms with Gasteiger partial charge in [0.05, 0.1) is 24.8 Å². The molecule has 0 aliphatic rings. The lowest BCUT2D eigenvalue weighted by Gasteiger charge is -2.13. The van der Waals surface area contributed by atoms with Crippen LogP contribution in [0.25, 0.3) is 27.6 Å². The fraction of sp³-hybridized carbons (Fsp3) is 0.0833. The van der Waals surface area contributed by atoms with E-state index in [1.165, 1.54) is 14.2 Å². The summed E-state index contributed by atoms with van der Waals surface area (Å²) in [5.74, 6) is 1.23. The summed E-state index contributed by atoms with van der Waals surface area (Å²) in [6, 6.07) is 20.4. The van der Waals surface area contributed by atoms with E-state index >= 15 is 0 Å². The smallest absolute Gasteiger partial charge is 0.263 e. The fourth-order valence-electron chi connectivity index (χ4n) is 3.53. The van der Waals surface area contributed by atoms with Crippen LogP contribution in [0.4, 0.5) is 5.69 Å². The van der Waals surface area contributed by atoms with Crippen LogP contribution in [0.2, 0.25) is 0 Å². The van der Waals surface area contributed by atoms with Crippen molar-refractivity contribution >= 4 is 28.6 Å². The molecule has 3 aromatic heterocycles. The topological polar surface area (TPSA) is 90.6 Å². The Bertz CT molecular complexity index is 1420. The highest BCUT2D eigenvalue weighted by atomic mass is 32.1. The van der Waals surface area contributed by atoms with Gasteiger partial charge in [-0.1, -0.05) is 24.3 Å². The minimum Gasteiger partial charge on any atom is -0.496 e.